The van der Waals surface area contributed by atoms with E-state index >= 15 is 0 Å². The molecule has 0 spiro atoms. The lowest BCUT2D eigenvalue weighted by Gasteiger charge is -2.60. The number of rotatable bonds is 5. The van der Waals surface area contributed by atoms with Crippen LogP contribution >= 0.6 is 15.9 Å². The van der Waals surface area contributed by atoms with Crippen LogP contribution in [0.4, 0.5) is 14.5 Å². The zero-order chi connectivity index (χ0) is 17.7. The average Bonchev–Trinajstić information content (AvgIpc) is 2.45. The molecule has 25 heavy (non-hydrogen) atoms. The summed E-state index contributed by atoms with van der Waals surface area (Å²) >= 11 is 3.95. The highest BCUT2D eigenvalue weighted by Gasteiger charge is 2.57. The predicted octanol–water partition coefficient (Wildman–Crippen LogP) is 5.35. The van der Waals surface area contributed by atoms with E-state index in [9.17, 15) is 13.6 Å². The van der Waals surface area contributed by atoms with Gasteiger partial charge < -0.3 is 10.1 Å². The Morgan fingerprint density at radius 3 is 2.56 bits per heavy atom. The number of alkyl halides is 3. The van der Waals surface area contributed by atoms with Gasteiger partial charge in [0.25, 0.3) is 0 Å². The second-order valence-corrected chi connectivity index (χ2v) is 9.89. The fourth-order valence-electron chi connectivity index (χ4n) is 5.85. The number of benzene rings is 1. The molecule has 1 N–H and O–H groups in total. The number of halogens is 3. The minimum Gasteiger partial charge on any atom is -0.433 e. The third kappa shape index (κ3) is 3.55. The fourth-order valence-corrected chi connectivity index (χ4v) is 7.36. The third-order valence-electron chi connectivity index (χ3n) is 6.02. The van der Waals surface area contributed by atoms with Crippen LogP contribution in [0.25, 0.3) is 0 Å². The Morgan fingerprint density at radius 2 is 1.92 bits per heavy atom. The molecule has 6 heteroatoms. The second kappa shape index (κ2) is 6.22. The van der Waals surface area contributed by atoms with Crippen molar-refractivity contribution in [3.05, 3.63) is 24.3 Å². The number of hydrogen-bond acceptors (Lipinski definition) is 2. The van der Waals surface area contributed by atoms with Crippen LogP contribution in [0.2, 0.25) is 0 Å². The second-order valence-electron chi connectivity index (χ2n) is 8.21. The Bertz CT molecular complexity index is 667. The van der Waals surface area contributed by atoms with Crippen molar-refractivity contribution < 1.29 is 18.3 Å². The molecule has 3 nitrogen and oxygen atoms in total. The van der Waals surface area contributed by atoms with Gasteiger partial charge in [0.1, 0.15) is 5.75 Å². The summed E-state index contributed by atoms with van der Waals surface area (Å²) in [5.41, 5.74) is 0.363. The maximum atomic E-state index is 12.7. The molecule has 1 aromatic rings. The monoisotopic (exact) mass is 413 g/mol. The molecule has 1 aromatic carbocycles. The molecule has 0 heterocycles. The zero-order valence-electron chi connectivity index (χ0n) is 13.9. The van der Waals surface area contributed by atoms with Gasteiger partial charge in [-0.3, -0.25) is 4.79 Å². The molecular weight excluding hydrogens is 392 g/mol. The minimum atomic E-state index is -2.91. The quantitative estimate of drug-likeness (QED) is 0.660. The molecule has 5 rings (SSSR count). The Kier molecular flexibility index (Phi) is 4.29. The molecule has 1 amide bonds. The summed E-state index contributed by atoms with van der Waals surface area (Å²) in [6.07, 6.45) is 7.45. The number of hydrogen-bond donors (Lipinski definition) is 1. The van der Waals surface area contributed by atoms with Crippen LogP contribution in [-0.4, -0.2) is 16.8 Å². The summed E-state index contributed by atoms with van der Waals surface area (Å²) in [6.45, 7) is -2.91. The highest BCUT2D eigenvalue weighted by atomic mass is 79.9. The summed E-state index contributed by atoms with van der Waals surface area (Å²) in [4.78, 5) is 12.7. The average molecular weight is 414 g/mol. The van der Waals surface area contributed by atoms with Crippen molar-refractivity contribution >= 4 is 27.5 Å². The SMILES string of the molecule is O=C(CC12C[C@@H]3C[C@@H](CC(Br)(C3)C1)C2)Nc1ccccc1OC(F)F. The van der Waals surface area contributed by atoms with E-state index in [-0.39, 0.29) is 21.4 Å². The molecule has 4 fully saturated rings. The standard InChI is InChI=1S/C19H22BrF2NO2/c20-19-8-12-5-13(9-19)7-18(6-12,11-19)10-16(24)23-14-3-1-2-4-15(14)25-17(21)22/h1-4,12-13,17H,5-11H2,(H,23,24)/t12-,13+,18?,19?. The van der Waals surface area contributed by atoms with Gasteiger partial charge in [0.05, 0.1) is 5.69 Å². The van der Waals surface area contributed by atoms with Crippen LogP contribution in [0.15, 0.2) is 24.3 Å². The summed E-state index contributed by atoms with van der Waals surface area (Å²) in [7, 11) is 0. The van der Waals surface area contributed by atoms with Crippen LogP contribution in [0.1, 0.15) is 44.9 Å². The van der Waals surface area contributed by atoms with Gasteiger partial charge in [0.15, 0.2) is 0 Å². The number of ether oxygens (including phenoxy) is 1. The van der Waals surface area contributed by atoms with Gasteiger partial charge in [-0.1, -0.05) is 28.1 Å². The van der Waals surface area contributed by atoms with E-state index < -0.39 is 6.61 Å². The van der Waals surface area contributed by atoms with Gasteiger partial charge >= 0.3 is 6.61 Å². The van der Waals surface area contributed by atoms with Crippen LogP contribution in [0.3, 0.4) is 0 Å². The van der Waals surface area contributed by atoms with E-state index in [1.165, 1.54) is 25.3 Å². The van der Waals surface area contributed by atoms with Gasteiger partial charge in [-0.05, 0) is 67.9 Å². The summed E-state index contributed by atoms with van der Waals surface area (Å²) in [5, 5.41) is 2.79. The van der Waals surface area contributed by atoms with E-state index in [0.717, 1.165) is 19.3 Å². The lowest BCUT2D eigenvalue weighted by molar-refractivity contribution is -0.123. The van der Waals surface area contributed by atoms with Crippen molar-refractivity contribution in [1.29, 1.82) is 0 Å². The third-order valence-corrected chi connectivity index (χ3v) is 6.95. The predicted molar refractivity (Wildman–Crippen MR) is 95.1 cm³/mol. The van der Waals surface area contributed by atoms with E-state index in [0.29, 0.717) is 23.9 Å². The van der Waals surface area contributed by atoms with E-state index in [1.54, 1.807) is 18.2 Å². The van der Waals surface area contributed by atoms with Crippen molar-refractivity contribution in [2.45, 2.75) is 55.9 Å². The topological polar surface area (TPSA) is 38.3 Å². The first-order chi connectivity index (χ1) is 11.8. The number of amides is 1. The van der Waals surface area contributed by atoms with Gasteiger partial charge in [0, 0.05) is 10.7 Å². The maximum absolute atomic E-state index is 12.7. The molecule has 4 bridgehead atoms. The minimum absolute atomic E-state index is 0.00771. The van der Waals surface area contributed by atoms with Crippen molar-refractivity contribution in [2.24, 2.45) is 17.3 Å². The van der Waals surface area contributed by atoms with Crippen LogP contribution in [0, 0.1) is 17.3 Å². The van der Waals surface area contributed by atoms with Crippen LogP contribution in [0.5, 0.6) is 5.75 Å². The first-order valence-corrected chi connectivity index (χ1v) is 9.67. The van der Waals surface area contributed by atoms with Crippen LogP contribution in [-0.2, 0) is 4.79 Å². The molecule has 4 saturated carbocycles. The van der Waals surface area contributed by atoms with E-state index in [4.69, 9.17) is 0 Å². The van der Waals surface area contributed by atoms with Crippen molar-refractivity contribution in [1.82, 2.24) is 0 Å². The molecule has 0 radical (unpaired) electrons. The summed E-state index contributed by atoms with van der Waals surface area (Å²) in [6, 6.07) is 6.36. The maximum Gasteiger partial charge on any atom is 0.387 e. The van der Waals surface area contributed by atoms with Crippen molar-refractivity contribution in [3.63, 3.8) is 0 Å². The first kappa shape index (κ1) is 17.3. The molecule has 0 saturated heterocycles. The number of carbonyl (C=O) groups is 1. The number of nitrogens with one attached hydrogen (secondary N) is 1. The summed E-state index contributed by atoms with van der Waals surface area (Å²) in [5.74, 6) is 1.32. The molecule has 4 aliphatic rings. The van der Waals surface area contributed by atoms with E-state index in [1.807, 2.05) is 0 Å². The lowest BCUT2D eigenvalue weighted by Crippen LogP contribution is -2.53. The molecule has 4 atom stereocenters. The Morgan fingerprint density at radius 1 is 1.24 bits per heavy atom. The number of carbonyl (C=O) groups excluding carboxylic acids is 1. The van der Waals surface area contributed by atoms with Gasteiger partial charge in [-0.2, -0.15) is 8.78 Å². The van der Waals surface area contributed by atoms with Crippen LogP contribution < -0.4 is 10.1 Å². The van der Waals surface area contributed by atoms with Crippen molar-refractivity contribution in [3.8, 4) is 5.75 Å². The fraction of sp³-hybridized carbons (Fsp3) is 0.632. The smallest absolute Gasteiger partial charge is 0.387 e. The first-order valence-electron chi connectivity index (χ1n) is 8.87. The van der Waals surface area contributed by atoms with Crippen molar-refractivity contribution in [2.75, 3.05) is 5.32 Å². The van der Waals surface area contributed by atoms with E-state index in [2.05, 4.69) is 26.0 Å². The highest BCUT2D eigenvalue weighted by Crippen LogP contribution is 2.65. The number of para-hydroxylation sites is 2. The molecule has 136 valence electrons. The largest absolute Gasteiger partial charge is 0.433 e. The molecule has 0 aliphatic heterocycles. The highest BCUT2D eigenvalue weighted by molar-refractivity contribution is 9.10. The summed E-state index contributed by atoms with van der Waals surface area (Å²) < 4.78 is 29.8. The Hall–Kier alpha value is -1.17. The molecular formula is C19H22BrF2NO2. The molecule has 4 aliphatic carbocycles. The normalized spacial score (nSPS) is 35.8. The number of anilines is 1. The Labute approximate surface area is 154 Å². The van der Waals surface area contributed by atoms with Gasteiger partial charge in [0.2, 0.25) is 5.91 Å². The zero-order valence-corrected chi connectivity index (χ0v) is 15.5. The Balaban J connectivity index is 1.47. The van der Waals surface area contributed by atoms with Gasteiger partial charge in [-0.15, -0.1) is 0 Å². The lowest BCUT2D eigenvalue weighted by atomic mass is 9.48. The molecule has 2 unspecified atom stereocenters. The van der Waals surface area contributed by atoms with Gasteiger partial charge in [-0.25, -0.2) is 0 Å². The molecule has 0 aromatic heterocycles.